The Balaban J connectivity index is 2.01. The van der Waals surface area contributed by atoms with Crippen LogP contribution in [0.1, 0.15) is 11.3 Å². The third kappa shape index (κ3) is 5.11. The van der Waals surface area contributed by atoms with E-state index in [4.69, 9.17) is 16.0 Å². The summed E-state index contributed by atoms with van der Waals surface area (Å²) in [4.78, 5) is 35.0. The van der Waals surface area contributed by atoms with Crippen LogP contribution >= 0.6 is 11.6 Å². The van der Waals surface area contributed by atoms with Gasteiger partial charge in [-0.3, -0.25) is 14.9 Å². The summed E-state index contributed by atoms with van der Waals surface area (Å²) in [6.07, 6.45) is -2.89. The van der Waals surface area contributed by atoms with Crippen LogP contribution in [0.2, 0.25) is 5.02 Å². The van der Waals surface area contributed by atoms with Crippen LogP contribution in [-0.2, 0) is 24.1 Å². The van der Waals surface area contributed by atoms with Crippen molar-refractivity contribution in [3.8, 4) is 0 Å². The number of carbonyl (C=O) groups excluding carboxylic acids is 2. The van der Waals surface area contributed by atoms with Gasteiger partial charge in [0.15, 0.2) is 0 Å². The maximum absolute atomic E-state index is 12.7. The van der Waals surface area contributed by atoms with Crippen molar-refractivity contribution in [2.75, 3.05) is 0 Å². The van der Waals surface area contributed by atoms with Gasteiger partial charge in [0.05, 0.1) is 18.4 Å². The Labute approximate surface area is 143 Å². The van der Waals surface area contributed by atoms with E-state index >= 15 is 0 Å². The zero-order valence-electron chi connectivity index (χ0n) is 12.4. The molecule has 134 valence electrons. The van der Waals surface area contributed by atoms with E-state index in [0.717, 1.165) is 0 Å². The maximum Gasteiger partial charge on any atom is 0.417 e. The molecule has 2 N–H and O–H groups in total. The Hall–Kier alpha value is -2.75. The van der Waals surface area contributed by atoms with Crippen LogP contribution in [0.5, 0.6) is 0 Å². The Morgan fingerprint density at radius 1 is 1.32 bits per heavy atom. The Bertz CT molecular complexity index is 831. The van der Waals surface area contributed by atoms with Crippen LogP contribution in [0.4, 0.5) is 18.0 Å². The predicted molar refractivity (Wildman–Crippen MR) is 79.8 cm³/mol. The van der Waals surface area contributed by atoms with Gasteiger partial charge < -0.3 is 14.3 Å². The van der Waals surface area contributed by atoms with Gasteiger partial charge in [-0.25, -0.2) is 4.79 Å². The molecule has 0 aliphatic rings. The van der Waals surface area contributed by atoms with Gasteiger partial charge in [-0.15, -0.1) is 0 Å². The number of carbonyl (C=O) groups is 2. The molecule has 0 aliphatic carbocycles. The molecule has 0 saturated heterocycles. The topological polar surface area (TPSA) is 93.3 Å². The maximum atomic E-state index is 12.7. The number of furan rings is 1. The quantitative estimate of drug-likeness (QED) is 0.853. The second kappa shape index (κ2) is 7.43. The van der Waals surface area contributed by atoms with Crippen molar-refractivity contribution in [3.05, 3.63) is 57.4 Å². The molecule has 25 heavy (non-hydrogen) atoms. The average Bonchev–Trinajstić information content (AvgIpc) is 3.02. The fourth-order valence-corrected chi connectivity index (χ4v) is 2.04. The van der Waals surface area contributed by atoms with Crippen molar-refractivity contribution in [3.63, 3.8) is 0 Å². The molecule has 3 amide bonds. The Morgan fingerprint density at radius 3 is 2.64 bits per heavy atom. The highest BCUT2D eigenvalue weighted by molar-refractivity contribution is 6.30. The van der Waals surface area contributed by atoms with E-state index in [-0.39, 0.29) is 6.54 Å². The summed E-state index contributed by atoms with van der Waals surface area (Å²) in [6, 6.07) is 2.76. The van der Waals surface area contributed by atoms with Crippen LogP contribution in [0.25, 0.3) is 0 Å². The van der Waals surface area contributed by atoms with E-state index < -0.39 is 40.8 Å². The average molecular weight is 378 g/mol. The molecule has 2 rings (SSSR count). The molecule has 0 spiro atoms. The third-order valence-electron chi connectivity index (χ3n) is 2.94. The molecule has 11 heteroatoms. The number of amides is 3. The van der Waals surface area contributed by atoms with Gasteiger partial charge in [0.2, 0.25) is 5.91 Å². The lowest BCUT2D eigenvalue weighted by Gasteiger charge is -2.12. The largest absolute Gasteiger partial charge is 0.467 e. The first-order valence-corrected chi connectivity index (χ1v) is 7.12. The second-order valence-corrected chi connectivity index (χ2v) is 5.22. The summed E-state index contributed by atoms with van der Waals surface area (Å²) in [5.41, 5.74) is -2.17. The van der Waals surface area contributed by atoms with Gasteiger partial charge in [-0.05, 0) is 18.2 Å². The van der Waals surface area contributed by atoms with Crippen LogP contribution in [0.3, 0.4) is 0 Å². The summed E-state index contributed by atoms with van der Waals surface area (Å²) < 4.78 is 43.6. The lowest BCUT2D eigenvalue weighted by atomic mass is 10.2. The van der Waals surface area contributed by atoms with Crippen LogP contribution in [-0.4, -0.2) is 16.5 Å². The van der Waals surface area contributed by atoms with Crippen molar-refractivity contribution in [1.82, 2.24) is 15.2 Å². The first-order chi connectivity index (χ1) is 11.7. The number of aromatic nitrogens is 1. The minimum atomic E-state index is -4.74. The van der Waals surface area contributed by atoms with Gasteiger partial charge in [-0.2, -0.15) is 13.2 Å². The summed E-state index contributed by atoms with van der Waals surface area (Å²) in [6.45, 7) is -0.807. The highest BCUT2D eigenvalue weighted by Crippen LogP contribution is 2.29. The van der Waals surface area contributed by atoms with Gasteiger partial charge in [0.25, 0.3) is 5.56 Å². The lowest BCUT2D eigenvalue weighted by molar-refractivity contribution is -0.138. The minimum Gasteiger partial charge on any atom is -0.467 e. The summed E-state index contributed by atoms with van der Waals surface area (Å²) >= 11 is 5.47. The number of pyridine rings is 1. The summed E-state index contributed by atoms with van der Waals surface area (Å²) in [5, 5.41) is 3.50. The van der Waals surface area contributed by atoms with Gasteiger partial charge in [0, 0.05) is 6.20 Å². The van der Waals surface area contributed by atoms with Crippen molar-refractivity contribution in [2.45, 2.75) is 19.3 Å². The Morgan fingerprint density at radius 2 is 2.04 bits per heavy atom. The van der Waals surface area contributed by atoms with E-state index in [1.807, 2.05) is 5.32 Å². The monoisotopic (exact) mass is 377 g/mol. The molecular formula is C14H11ClF3N3O4. The summed E-state index contributed by atoms with van der Waals surface area (Å²) in [5.74, 6) is -0.557. The number of halogens is 4. The molecule has 7 nitrogen and oxygen atoms in total. The van der Waals surface area contributed by atoms with Crippen molar-refractivity contribution in [1.29, 1.82) is 0 Å². The molecule has 0 unspecified atom stereocenters. The molecule has 0 atom stereocenters. The van der Waals surface area contributed by atoms with Crippen LogP contribution in [0.15, 0.2) is 39.9 Å². The normalized spacial score (nSPS) is 11.2. The van der Waals surface area contributed by atoms with Crippen molar-refractivity contribution >= 4 is 23.5 Å². The van der Waals surface area contributed by atoms with E-state index in [1.54, 1.807) is 12.1 Å². The molecule has 0 radical (unpaired) electrons. The number of imide groups is 1. The molecule has 0 bridgehead atoms. The number of rotatable bonds is 4. The van der Waals surface area contributed by atoms with Crippen LogP contribution in [0, 0.1) is 0 Å². The Kier molecular flexibility index (Phi) is 5.52. The fraction of sp³-hybridized carbons (Fsp3) is 0.214. The second-order valence-electron chi connectivity index (χ2n) is 4.82. The smallest absolute Gasteiger partial charge is 0.417 e. The van der Waals surface area contributed by atoms with E-state index in [0.29, 0.717) is 22.6 Å². The van der Waals surface area contributed by atoms with E-state index in [1.165, 1.54) is 6.26 Å². The highest BCUT2D eigenvalue weighted by atomic mass is 35.5. The van der Waals surface area contributed by atoms with Gasteiger partial charge in [-0.1, -0.05) is 11.6 Å². The fourth-order valence-electron chi connectivity index (χ4n) is 1.82. The number of alkyl halides is 3. The van der Waals surface area contributed by atoms with Gasteiger partial charge >= 0.3 is 12.2 Å². The van der Waals surface area contributed by atoms with Crippen molar-refractivity contribution < 1.29 is 27.2 Å². The molecule has 0 aromatic carbocycles. The lowest BCUT2D eigenvalue weighted by Crippen LogP contribution is -2.42. The third-order valence-corrected chi connectivity index (χ3v) is 3.21. The number of nitrogens with zero attached hydrogens (tertiary/aromatic N) is 1. The van der Waals surface area contributed by atoms with Crippen LogP contribution < -0.4 is 16.2 Å². The number of urea groups is 1. The predicted octanol–water partition coefficient (Wildman–Crippen LogP) is 2.14. The molecule has 0 aliphatic heterocycles. The molecule has 0 fully saturated rings. The molecule has 0 saturated carbocycles. The standard InChI is InChI=1S/C14H11ClF3N3O4/c15-10-4-8(14(16,17)18)6-21(12(10)23)7-11(22)20-13(24)19-5-9-2-1-3-25-9/h1-4,6H,5,7H2,(H2,19,20,22,24). The SMILES string of the molecule is O=C(Cn1cc(C(F)(F)F)cc(Cl)c1=O)NC(=O)NCc1ccco1. The number of hydrogen-bond acceptors (Lipinski definition) is 4. The number of hydrogen-bond donors (Lipinski definition) is 2. The van der Waals surface area contributed by atoms with Crippen molar-refractivity contribution in [2.24, 2.45) is 0 Å². The molecule has 2 aromatic heterocycles. The first-order valence-electron chi connectivity index (χ1n) is 6.74. The van der Waals surface area contributed by atoms with E-state index in [9.17, 15) is 27.6 Å². The zero-order chi connectivity index (χ0) is 18.6. The molecular weight excluding hydrogens is 367 g/mol. The highest BCUT2D eigenvalue weighted by Gasteiger charge is 2.32. The minimum absolute atomic E-state index is 0.00144. The first kappa shape index (κ1) is 18.6. The molecule has 2 heterocycles. The number of nitrogens with one attached hydrogen (secondary N) is 2. The summed E-state index contributed by atoms with van der Waals surface area (Å²) in [7, 11) is 0. The zero-order valence-corrected chi connectivity index (χ0v) is 13.1. The molecule has 2 aromatic rings. The van der Waals surface area contributed by atoms with E-state index in [2.05, 4.69) is 5.32 Å². The van der Waals surface area contributed by atoms with Gasteiger partial charge in [0.1, 0.15) is 17.3 Å².